The van der Waals surface area contributed by atoms with Gasteiger partial charge in [-0.25, -0.2) is 0 Å². The van der Waals surface area contributed by atoms with Gasteiger partial charge in [0.15, 0.2) is 0 Å². The molecular formula is C13H25N3. The summed E-state index contributed by atoms with van der Waals surface area (Å²) < 4.78 is 0. The van der Waals surface area contributed by atoms with E-state index in [2.05, 4.69) is 30.1 Å². The van der Waals surface area contributed by atoms with Crippen LogP contribution in [-0.4, -0.2) is 37.1 Å². The Morgan fingerprint density at radius 3 is 2.81 bits per heavy atom. The summed E-state index contributed by atoms with van der Waals surface area (Å²) in [5.41, 5.74) is 0.457. The molecule has 92 valence electrons. The van der Waals surface area contributed by atoms with E-state index in [-0.39, 0.29) is 6.04 Å². The fourth-order valence-electron chi connectivity index (χ4n) is 2.51. The van der Waals surface area contributed by atoms with Gasteiger partial charge in [-0.1, -0.05) is 20.8 Å². The maximum absolute atomic E-state index is 8.96. The van der Waals surface area contributed by atoms with Gasteiger partial charge in [0.2, 0.25) is 0 Å². The minimum Gasteiger partial charge on any atom is -0.303 e. The average Bonchev–Trinajstić information content (AvgIpc) is 2.23. The van der Waals surface area contributed by atoms with Gasteiger partial charge in [0.25, 0.3) is 0 Å². The first-order valence-electron chi connectivity index (χ1n) is 6.43. The van der Waals surface area contributed by atoms with Crippen molar-refractivity contribution in [3.05, 3.63) is 0 Å². The number of hydrogen-bond donors (Lipinski definition) is 1. The van der Waals surface area contributed by atoms with Crippen LogP contribution in [0.3, 0.4) is 0 Å². The van der Waals surface area contributed by atoms with Gasteiger partial charge < -0.3 is 10.2 Å². The summed E-state index contributed by atoms with van der Waals surface area (Å²) in [6.45, 7) is 11.0. The van der Waals surface area contributed by atoms with Crippen LogP contribution in [-0.2, 0) is 0 Å². The van der Waals surface area contributed by atoms with Crippen molar-refractivity contribution in [2.75, 3.05) is 26.2 Å². The lowest BCUT2D eigenvalue weighted by atomic mass is 9.84. The Morgan fingerprint density at radius 2 is 2.25 bits per heavy atom. The third-order valence-electron chi connectivity index (χ3n) is 3.32. The molecule has 1 fully saturated rings. The van der Waals surface area contributed by atoms with E-state index in [0.717, 1.165) is 19.5 Å². The Bertz CT molecular complexity index is 242. The number of nitriles is 1. The summed E-state index contributed by atoms with van der Waals surface area (Å²) in [4.78, 5) is 2.51. The fourth-order valence-corrected chi connectivity index (χ4v) is 2.51. The molecule has 1 unspecified atom stereocenters. The minimum absolute atomic E-state index is 0.0232. The van der Waals surface area contributed by atoms with E-state index in [1.165, 1.54) is 25.9 Å². The molecule has 16 heavy (non-hydrogen) atoms. The molecule has 3 heteroatoms. The highest BCUT2D eigenvalue weighted by molar-refractivity contribution is 4.90. The summed E-state index contributed by atoms with van der Waals surface area (Å²) >= 11 is 0. The van der Waals surface area contributed by atoms with E-state index in [1.807, 2.05) is 6.92 Å². The zero-order chi connectivity index (χ0) is 12.0. The number of hydrogen-bond acceptors (Lipinski definition) is 3. The molecule has 0 aliphatic carbocycles. The normalized spacial score (nSPS) is 22.6. The Morgan fingerprint density at radius 1 is 1.50 bits per heavy atom. The molecule has 1 aliphatic heterocycles. The molecule has 1 saturated heterocycles. The molecule has 0 saturated carbocycles. The fraction of sp³-hybridized carbons (Fsp3) is 0.923. The number of likely N-dealkylation sites (tertiary alicyclic amines) is 1. The van der Waals surface area contributed by atoms with Crippen molar-refractivity contribution in [2.24, 2.45) is 5.41 Å². The van der Waals surface area contributed by atoms with E-state index >= 15 is 0 Å². The van der Waals surface area contributed by atoms with Crippen LogP contribution in [0.4, 0.5) is 0 Å². The van der Waals surface area contributed by atoms with E-state index in [0.29, 0.717) is 5.41 Å². The Hall–Kier alpha value is -0.590. The molecule has 0 aromatic carbocycles. The lowest BCUT2D eigenvalue weighted by molar-refractivity contribution is 0.115. The van der Waals surface area contributed by atoms with Crippen LogP contribution in [0, 0.1) is 16.7 Å². The molecular weight excluding hydrogens is 198 g/mol. The van der Waals surface area contributed by atoms with Crippen LogP contribution in [0.1, 0.15) is 40.0 Å². The molecule has 1 N–H and O–H groups in total. The second-order valence-electron chi connectivity index (χ2n) is 5.57. The summed E-state index contributed by atoms with van der Waals surface area (Å²) in [5.74, 6) is 0. The van der Waals surface area contributed by atoms with Crippen LogP contribution in [0.15, 0.2) is 0 Å². The topological polar surface area (TPSA) is 39.1 Å². The number of nitrogens with one attached hydrogen (secondary N) is 1. The zero-order valence-electron chi connectivity index (χ0n) is 10.9. The molecule has 1 heterocycles. The lowest BCUT2D eigenvalue weighted by Crippen LogP contribution is -2.42. The molecule has 1 rings (SSSR count). The number of nitrogens with zero attached hydrogens (tertiary/aromatic N) is 2. The maximum atomic E-state index is 8.96. The smallest absolute Gasteiger partial charge is 0.0965 e. The molecule has 3 nitrogen and oxygen atoms in total. The zero-order valence-corrected chi connectivity index (χ0v) is 10.9. The monoisotopic (exact) mass is 223 g/mol. The molecule has 1 aliphatic rings. The minimum atomic E-state index is 0.0232. The number of piperidine rings is 1. The molecule has 0 radical (unpaired) electrons. The first kappa shape index (κ1) is 13.5. The van der Waals surface area contributed by atoms with Gasteiger partial charge in [-0.15, -0.1) is 0 Å². The standard InChI is InChI=1S/C13H25N3/c1-4-15-12(10-14)6-9-16-8-5-7-13(2,3)11-16/h12,15H,4-9,11H2,1-3H3. The van der Waals surface area contributed by atoms with E-state index < -0.39 is 0 Å². The first-order valence-corrected chi connectivity index (χ1v) is 6.43. The largest absolute Gasteiger partial charge is 0.303 e. The van der Waals surface area contributed by atoms with Crippen LogP contribution >= 0.6 is 0 Å². The molecule has 0 amide bonds. The van der Waals surface area contributed by atoms with Crippen LogP contribution in [0.2, 0.25) is 0 Å². The summed E-state index contributed by atoms with van der Waals surface area (Å²) in [6, 6.07) is 2.35. The van der Waals surface area contributed by atoms with Crippen molar-refractivity contribution in [3.63, 3.8) is 0 Å². The van der Waals surface area contributed by atoms with Crippen molar-refractivity contribution >= 4 is 0 Å². The quantitative estimate of drug-likeness (QED) is 0.775. The first-order chi connectivity index (χ1) is 7.57. The van der Waals surface area contributed by atoms with E-state index in [4.69, 9.17) is 5.26 Å². The van der Waals surface area contributed by atoms with Gasteiger partial charge in [0.1, 0.15) is 0 Å². The molecule has 0 spiro atoms. The SMILES string of the molecule is CCNC(C#N)CCN1CCCC(C)(C)C1. The van der Waals surface area contributed by atoms with Crippen molar-refractivity contribution in [2.45, 2.75) is 46.1 Å². The molecule has 0 bridgehead atoms. The van der Waals surface area contributed by atoms with Crippen molar-refractivity contribution < 1.29 is 0 Å². The third kappa shape index (κ3) is 4.51. The molecule has 1 atom stereocenters. The van der Waals surface area contributed by atoms with Crippen LogP contribution in [0.5, 0.6) is 0 Å². The average molecular weight is 223 g/mol. The van der Waals surface area contributed by atoms with Gasteiger partial charge in [-0.05, 0) is 37.8 Å². The van der Waals surface area contributed by atoms with Gasteiger partial charge in [0, 0.05) is 13.1 Å². The highest BCUT2D eigenvalue weighted by atomic mass is 15.1. The Balaban J connectivity index is 2.29. The molecule has 0 aromatic heterocycles. The van der Waals surface area contributed by atoms with Crippen LogP contribution in [0.25, 0.3) is 0 Å². The van der Waals surface area contributed by atoms with Gasteiger partial charge in [0.05, 0.1) is 12.1 Å². The third-order valence-corrected chi connectivity index (χ3v) is 3.32. The summed E-state index contributed by atoms with van der Waals surface area (Å²) in [5, 5.41) is 12.2. The van der Waals surface area contributed by atoms with Gasteiger partial charge in [-0.3, -0.25) is 0 Å². The number of rotatable bonds is 5. The highest BCUT2D eigenvalue weighted by Gasteiger charge is 2.26. The van der Waals surface area contributed by atoms with Crippen molar-refractivity contribution in [3.8, 4) is 6.07 Å². The Kier molecular flexibility index (Phi) is 5.24. The Labute approximate surface area is 99.8 Å². The highest BCUT2D eigenvalue weighted by Crippen LogP contribution is 2.28. The summed E-state index contributed by atoms with van der Waals surface area (Å²) in [6.07, 6.45) is 3.57. The predicted molar refractivity (Wildman–Crippen MR) is 67.1 cm³/mol. The molecule has 0 aromatic rings. The maximum Gasteiger partial charge on any atom is 0.0965 e. The second-order valence-corrected chi connectivity index (χ2v) is 5.57. The van der Waals surface area contributed by atoms with Crippen LogP contribution < -0.4 is 5.32 Å². The van der Waals surface area contributed by atoms with Gasteiger partial charge in [-0.2, -0.15) is 5.26 Å². The van der Waals surface area contributed by atoms with E-state index in [9.17, 15) is 0 Å². The van der Waals surface area contributed by atoms with Crippen molar-refractivity contribution in [1.29, 1.82) is 5.26 Å². The van der Waals surface area contributed by atoms with Gasteiger partial charge >= 0.3 is 0 Å². The lowest BCUT2D eigenvalue weighted by Gasteiger charge is -2.38. The van der Waals surface area contributed by atoms with Crippen molar-refractivity contribution in [1.82, 2.24) is 10.2 Å². The van der Waals surface area contributed by atoms with E-state index in [1.54, 1.807) is 0 Å². The second kappa shape index (κ2) is 6.22. The summed E-state index contributed by atoms with van der Waals surface area (Å²) in [7, 11) is 0. The predicted octanol–water partition coefficient (Wildman–Crippen LogP) is 2.00.